The maximum absolute atomic E-state index is 13.0. The summed E-state index contributed by atoms with van der Waals surface area (Å²) in [6.45, 7) is 5.25. The van der Waals surface area contributed by atoms with E-state index in [4.69, 9.17) is 0 Å². The predicted octanol–water partition coefficient (Wildman–Crippen LogP) is 2.42. The van der Waals surface area contributed by atoms with Crippen LogP contribution in [0.25, 0.3) is 0 Å². The summed E-state index contributed by atoms with van der Waals surface area (Å²) in [5.74, 6) is -1.14. The van der Waals surface area contributed by atoms with Gasteiger partial charge in [-0.15, -0.1) is 0 Å². The first-order chi connectivity index (χ1) is 13.9. The molecule has 1 aliphatic rings. The molecule has 1 aromatic carbocycles. The van der Waals surface area contributed by atoms with Gasteiger partial charge < -0.3 is 15.7 Å². The highest BCUT2D eigenvalue weighted by Crippen LogP contribution is 2.33. The Morgan fingerprint density at radius 1 is 1.28 bits per heavy atom. The van der Waals surface area contributed by atoms with Gasteiger partial charge in [0.1, 0.15) is 11.6 Å². The zero-order valence-corrected chi connectivity index (χ0v) is 16.8. The molecule has 7 nitrogen and oxygen atoms in total. The van der Waals surface area contributed by atoms with Crippen LogP contribution in [-0.2, 0) is 18.6 Å². The molecule has 156 valence electrons. The SMILES string of the molecule is CCCC1(CCC)NCCn2c1nc(C(=O)NCc1ccc(F)cc1)c(O)c2=O. The highest BCUT2D eigenvalue weighted by molar-refractivity contribution is 5.94. The Kier molecular flexibility index (Phi) is 6.32. The van der Waals surface area contributed by atoms with E-state index in [1.54, 1.807) is 12.1 Å². The van der Waals surface area contributed by atoms with Gasteiger partial charge >= 0.3 is 0 Å². The quantitative estimate of drug-likeness (QED) is 0.661. The van der Waals surface area contributed by atoms with Gasteiger partial charge in [0, 0.05) is 19.6 Å². The van der Waals surface area contributed by atoms with Gasteiger partial charge in [0.05, 0.1) is 5.54 Å². The lowest BCUT2D eigenvalue weighted by Gasteiger charge is -2.39. The van der Waals surface area contributed by atoms with Crippen molar-refractivity contribution >= 4 is 5.91 Å². The van der Waals surface area contributed by atoms with Gasteiger partial charge in [0.25, 0.3) is 11.5 Å². The van der Waals surface area contributed by atoms with Crippen LogP contribution in [0.1, 0.15) is 61.4 Å². The third kappa shape index (κ3) is 4.17. The summed E-state index contributed by atoms with van der Waals surface area (Å²) in [5.41, 5.74) is -0.675. The number of hydrogen-bond donors (Lipinski definition) is 3. The van der Waals surface area contributed by atoms with Gasteiger partial charge in [-0.05, 0) is 30.5 Å². The summed E-state index contributed by atoms with van der Waals surface area (Å²) < 4.78 is 14.5. The minimum Gasteiger partial charge on any atom is -0.501 e. The van der Waals surface area contributed by atoms with Crippen molar-refractivity contribution in [2.75, 3.05) is 6.54 Å². The number of carbonyl (C=O) groups excluding carboxylic acids is 1. The van der Waals surface area contributed by atoms with Crippen molar-refractivity contribution in [2.45, 2.75) is 58.2 Å². The maximum Gasteiger partial charge on any atom is 0.296 e. The van der Waals surface area contributed by atoms with Crippen LogP contribution in [-0.4, -0.2) is 27.1 Å². The van der Waals surface area contributed by atoms with E-state index in [1.165, 1.54) is 16.7 Å². The minimum absolute atomic E-state index is 0.131. The van der Waals surface area contributed by atoms with Crippen LogP contribution in [0.2, 0.25) is 0 Å². The smallest absolute Gasteiger partial charge is 0.296 e. The Morgan fingerprint density at radius 2 is 1.93 bits per heavy atom. The molecule has 0 saturated heterocycles. The first-order valence-corrected chi connectivity index (χ1v) is 10.0. The van der Waals surface area contributed by atoms with Crippen molar-refractivity contribution in [1.29, 1.82) is 0 Å². The van der Waals surface area contributed by atoms with Gasteiger partial charge in [-0.25, -0.2) is 9.37 Å². The normalized spacial score (nSPS) is 15.0. The zero-order chi connectivity index (χ0) is 21.0. The average molecular weight is 402 g/mol. The fourth-order valence-corrected chi connectivity index (χ4v) is 4.01. The lowest BCUT2D eigenvalue weighted by atomic mass is 9.86. The minimum atomic E-state index is -0.644. The van der Waals surface area contributed by atoms with Gasteiger partial charge in [0.15, 0.2) is 5.69 Å². The Balaban J connectivity index is 1.95. The molecule has 0 fully saturated rings. The summed E-state index contributed by atoms with van der Waals surface area (Å²) in [7, 11) is 0. The topological polar surface area (TPSA) is 96.2 Å². The number of aromatic nitrogens is 2. The third-order valence-electron chi connectivity index (χ3n) is 5.31. The number of aromatic hydroxyl groups is 1. The molecule has 8 heteroatoms. The van der Waals surface area contributed by atoms with Crippen molar-refractivity contribution in [3.8, 4) is 5.75 Å². The Labute approximate surface area is 169 Å². The fraction of sp³-hybridized carbons (Fsp3) is 0.476. The van der Waals surface area contributed by atoms with Crippen LogP contribution in [0.4, 0.5) is 4.39 Å². The van der Waals surface area contributed by atoms with E-state index in [1.807, 2.05) is 0 Å². The maximum atomic E-state index is 13.0. The molecule has 1 aromatic heterocycles. The Bertz CT molecular complexity index is 934. The van der Waals surface area contributed by atoms with Crippen molar-refractivity contribution in [1.82, 2.24) is 20.2 Å². The number of halogens is 1. The van der Waals surface area contributed by atoms with Crippen molar-refractivity contribution in [2.24, 2.45) is 0 Å². The van der Waals surface area contributed by atoms with E-state index < -0.39 is 22.8 Å². The molecule has 2 heterocycles. The molecule has 0 spiro atoms. The molecule has 0 atom stereocenters. The summed E-state index contributed by atoms with van der Waals surface area (Å²) in [4.78, 5) is 29.9. The first-order valence-electron chi connectivity index (χ1n) is 10.0. The lowest BCUT2D eigenvalue weighted by Crippen LogP contribution is -2.53. The number of benzene rings is 1. The Morgan fingerprint density at radius 3 is 2.55 bits per heavy atom. The number of carbonyl (C=O) groups is 1. The highest BCUT2D eigenvalue weighted by Gasteiger charge is 2.39. The number of nitrogens with one attached hydrogen (secondary N) is 2. The predicted molar refractivity (Wildman–Crippen MR) is 107 cm³/mol. The van der Waals surface area contributed by atoms with Gasteiger partial charge in [-0.3, -0.25) is 14.2 Å². The van der Waals surface area contributed by atoms with Gasteiger partial charge in [0.2, 0.25) is 5.75 Å². The molecular weight excluding hydrogens is 375 g/mol. The van der Waals surface area contributed by atoms with Crippen LogP contribution in [0.5, 0.6) is 5.75 Å². The summed E-state index contributed by atoms with van der Waals surface area (Å²) in [6.07, 6.45) is 3.31. The van der Waals surface area contributed by atoms with Crippen molar-refractivity contribution < 1.29 is 14.3 Å². The highest BCUT2D eigenvalue weighted by atomic mass is 19.1. The van der Waals surface area contributed by atoms with Crippen molar-refractivity contribution in [3.63, 3.8) is 0 Å². The molecule has 0 bridgehead atoms. The van der Waals surface area contributed by atoms with Crippen LogP contribution >= 0.6 is 0 Å². The second kappa shape index (κ2) is 8.73. The number of hydrogen-bond acceptors (Lipinski definition) is 5. The van der Waals surface area contributed by atoms with Gasteiger partial charge in [-0.1, -0.05) is 38.8 Å². The van der Waals surface area contributed by atoms with Gasteiger partial charge in [-0.2, -0.15) is 0 Å². The standard InChI is InChI=1S/C21H27FN4O3/c1-3-9-21(10-4-2)20-25-16(17(27)19(29)26(20)12-11-24-21)18(28)23-13-14-5-7-15(22)8-6-14/h5-8,24,27H,3-4,9-13H2,1-2H3,(H,23,28). The van der Waals surface area contributed by atoms with Crippen LogP contribution in [0.15, 0.2) is 29.1 Å². The number of fused-ring (bicyclic) bond motifs is 1. The van der Waals surface area contributed by atoms with E-state index in [0.717, 1.165) is 25.7 Å². The summed E-state index contributed by atoms with van der Waals surface area (Å²) >= 11 is 0. The summed E-state index contributed by atoms with van der Waals surface area (Å²) in [5, 5.41) is 16.5. The number of rotatable bonds is 7. The molecule has 0 saturated carbocycles. The Hall–Kier alpha value is -2.74. The molecule has 29 heavy (non-hydrogen) atoms. The molecule has 3 N–H and O–H groups in total. The average Bonchev–Trinajstić information content (AvgIpc) is 2.71. The van der Waals surface area contributed by atoms with Crippen molar-refractivity contribution in [3.05, 3.63) is 57.5 Å². The molecule has 0 aliphatic carbocycles. The van der Waals surface area contributed by atoms with Crippen LogP contribution < -0.4 is 16.2 Å². The zero-order valence-electron chi connectivity index (χ0n) is 16.8. The van der Waals surface area contributed by atoms with E-state index in [2.05, 4.69) is 29.5 Å². The largest absolute Gasteiger partial charge is 0.501 e. The molecule has 0 radical (unpaired) electrons. The fourth-order valence-electron chi connectivity index (χ4n) is 4.01. The summed E-state index contributed by atoms with van der Waals surface area (Å²) in [6, 6.07) is 5.72. The van der Waals surface area contributed by atoms with E-state index >= 15 is 0 Å². The molecule has 2 aromatic rings. The molecular formula is C21H27FN4O3. The monoisotopic (exact) mass is 402 g/mol. The second-order valence-electron chi connectivity index (χ2n) is 7.41. The van der Waals surface area contributed by atoms with E-state index in [0.29, 0.717) is 24.5 Å². The molecule has 0 unspecified atom stereocenters. The molecule has 3 rings (SSSR count). The molecule has 1 aliphatic heterocycles. The molecule has 1 amide bonds. The third-order valence-corrected chi connectivity index (χ3v) is 5.31. The lowest BCUT2D eigenvalue weighted by molar-refractivity contribution is 0.0939. The number of nitrogens with zero attached hydrogens (tertiary/aromatic N) is 2. The van der Waals surface area contributed by atoms with Crippen LogP contribution in [0, 0.1) is 5.82 Å². The van der Waals surface area contributed by atoms with Crippen LogP contribution in [0.3, 0.4) is 0 Å². The van der Waals surface area contributed by atoms with E-state index in [-0.39, 0.29) is 18.1 Å². The second-order valence-corrected chi connectivity index (χ2v) is 7.41. The number of amides is 1. The van der Waals surface area contributed by atoms with E-state index in [9.17, 15) is 19.1 Å². The first kappa shape index (κ1) is 21.0.